The van der Waals surface area contributed by atoms with Crippen LogP contribution in [0, 0.1) is 5.92 Å². The van der Waals surface area contributed by atoms with Gasteiger partial charge in [-0.25, -0.2) is 0 Å². The van der Waals surface area contributed by atoms with Gasteiger partial charge in [-0.1, -0.05) is 12.8 Å². The maximum Gasteiger partial charge on any atom is 0.237 e. The summed E-state index contributed by atoms with van der Waals surface area (Å²) in [4.78, 5) is 15.0. The molecule has 1 aliphatic carbocycles. The summed E-state index contributed by atoms with van der Waals surface area (Å²) in [6.45, 7) is 5.51. The lowest BCUT2D eigenvalue weighted by atomic mass is 9.89. The van der Waals surface area contributed by atoms with Crippen LogP contribution in [0.5, 0.6) is 0 Å². The van der Waals surface area contributed by atoms with Crippen LogP contribution in [-0.4, -0.2) is 48.6 Å². The van der Waals surface area contributed by atoms with Gasteiger partial charge in [0.25, 0.3) is 0 Å². The highest BCUT2D eigenvalue weighted by molar-refractivity contribution is 5.81. The number of piperidine rings is 1. The van der Waals surface area contributed by atoms with Crippen molar-refractivity contribution in [1.82, 2.24) is 15.5 Å². The molecule has 4 nitrogen and oxygen atoms in total. The van der Waals surface area contributed by atoms with Gasteiger partial charge in [0, 0.05) is 12.1 Å². The molecule has 3 rings (SSSR count). The third-order valence-electron chi connectivity index (χ3n) is 5.80. The van der Waals surface area contributed by atoms with Crippen LogP contribution in [-0.2, 0) is 4.79 Å². The molecule has 0 aromatic heterocycles. The van der Waals surface area contributed by atoms with Crippen molar-refractivity contribution in [1.29, 1.82) is 0 Å². The number of nitrogens with zero attached hydrogens (tertiary/aromatic N) is 1. The van der Waals surface area contributed by atoms with E-state index in [0.717, 1.165) is 19.0 Å². The van der Waals surface area contributed by atoms with Crippen LogP contribution in [0.3, 0.4) is 0 Å². The lowest BCUT2D eigenvalue weighted by Gasteiger charge is -2.37. The van der Waals surface area contributed by atoms with Crippen LogP contribution in [0.1, 0.15) is 58.3 Å². The van der Waals surface area contributed by atoms with Crippen LogP contribution >= 0.6 is 0 Å². The predicted octanol–water partition coefficient (Wildman–Crippen LogP) is 1.90. The molecule has 1 amide bonds. The summed E-state index contributed by atoms with van der Waals surface area (Å²) in [5.41, 5.74) is 0. The van der Waals surface area contributed by atoms with Crippen molar-refractivity contribution in [2.24, 2.45) is 5.92 Å². The maximum absolute atomic E-state index is 12.5. The largest absolute Gasteiger partial charge is 0.352 e. The second-order valence-corrected chi connectivity index (χ2v) is 7.22. The molecule has 0 spiro atoms. The first-order valence-corrected chi connectivity index (χ1v) is 9.02. The normalized spacial score (nSPS) is 33.2. The van der Waals surface area contributed by atoms with Crippen molar-refractivity contribution in [2.45, 2.75) is 76.4 Å². The standard InChI is InChI=1S/C17H31N3O/c1-13(17(21)19-15-7-2-3-8-15)20-11-5-9-16(20)14-6-4-10-18-12-14/h13-16,18H,2-12H2,1H3,(H,19,21). The van der Waals surface area contributed by atoms with Crippen molar-refractivity contribution in [2.75, 3.05) is 19.6 Å². The molecule has 3 unspecified atom stereocenters. The zero-order chi connectivity index (χ0) is 14.7. The number of rotatable bonds is 4. The molecular formula is C17H31N3O. The highest BCUT2D eigenvalue weighted by Gasteiger charge is 2.37. The van der Waals surface area contributed by atoms with Gasteiger partial charge < -0.3 is 10.6 Å². The van der Waals surface area contributed by atoms with E-state index in [4.69, 9.17) is 0 Å². The topological polar surface area (TPSA) is 44.4 Å². The average molecular weight is 293 g/mol. The molecule has 0 bridgehead atoms. The Morgan fingerprint density at radius 2 is 1.95 bits per heavy atom. The van der Waals surface area contributed by atoms with Gasteiger partial charge in [-0.3, -0.25) is 9.69 Å². The Morgan fingerprint density at radius 3 is 2.67 bits per heavy atom. The van der Waals surface area contributed by atoms with Gasteiger partial charge >= 0.3 is 0 Å². The minimum absolute atomic E-state index is 0.0417. The summed E-state index contributed by atoms with van der Waals surface area (Å²) >= 11 is 0. The molecule has 2 aliphatic heterocycles. The SMILES string of the molecule is CC(C(=O)NC1CCCC1)N1CCCC1C1CCCNC1. The van der Waals surface area contributed by atoms with Crippen molar-refractivity contribution >= 4 is 5.91 Å². The molecule has 3 aliphatic rings. The van der Waals surface area contributed by atoms with Crippen LogP contribution in [0.4, 0.5) is 0 Å². The van der Waals surface area contributed by atoms with Crippen molar-refractivity contribution in [3.05, 3.63) is 0 Å². The molecule has 4 heteroatoms. The molecule has 1 saturated carbocycles. The summed E-state index contributed by atoms with van der Waals surface area (Å²) in [5.74, 6) is 1.00. The van der Waals surface area contributed by atoms with E-state index in [1.807, 2.05) is 0 Å². The number of nitrogens with one attached hydrogen (secondary N) is 2. The van der Waals surface area contributed by atoms with E-state index in [2.05, 4.69) is 22.5 Å². The number of likely N-dealkylation sites (tertiary alicyclic amines) is 1. The van der Waals surface area contributed by atoms with Gasteiger partial charge in [-0.2, -0.15) is 0 Å². The number of carbonyl (C=O) groups excluding carboxylic acids is 1. The molecule has 2 heterocycles. The minimum atomic E-state index is 0.0417. The Bertz CT molecular complexity index is 348. The molecule has 0 aromatic rings. The van der Waals surface area contributed by atoms with Crippen molar-refractivity contribution in [3.8, 4) is 0 Å². The monoisotopic (exact) mass is 293 g/mol. The van der Waals surface area contributed by atoms with Crippen LogP contribution < -0.4 is 10.6 Å². The Labute approximate surface area is 129 Å². The number of hydrogen-bond acceptors (Lipinski definition) is 3. The van der Waals surface area contributed by atoms with E-state index in [-0.39, 0.29) is 11.9 Å². The Kier molecular flexibility index (Phi) is 5.17. The van der Waals surface area contributed by atoms with E-state index >= 15 is 0 Å². The number of amides is 1. The van der Waals surface area contributed by atoms with Crippen molar-refractivity contribution in [3.63, 3.8) is 0 Å². The second kappa shape index (κ2) is 7.10. The minimum Gasteiger partial charge on any atom is -0.352 e. The summed E-state index contributed by atoms with van der Waals surface area (Å²) < 4.78 is 0. The van der Waals surface area contributed by atoms with Gasteiger partial charge in [0.05, 0.1) is 6.04 Å². The summed E-state index contributed by atoms with van der Waals surface area (Å²) in [6, 6.07) is 1.10. The predicted molar refractivity (Wildman–Crippen MR) is 85.2 cm³/mol. The van der Waals surface area contributed by atoms with Gasteiger partial charge in [0.2, 0.25) is 5.91 Å². The molecule has 2 N–H and O–H groups in total. The Balaban J connectivity index is 1.56. The summed E-state index contributed by atoms with van der Waals surface area (Å²) in [7, 11) is 0. The molecular weight excluding hydrogens is 262 g/mol. The van der Waals surface area contributed by atoms with Gasteiger partial charge in [0.1, 0.15) is 0 Å². The summed E-state index contributed by atoms with van der Waals surface area (Å²) in [6.07, 6.45) is 10.0. The molecule has 3 fully saturated rings. The van der Waals surface area contributed by atoms with Gasteiger partial charge in [-0.15, -0.1) is 0 Å². The first kappa shape index (κ1) is 15.3. The molecule has 2 saturated heterocycles. The van der Waals surface area contributed by atoms with E-state index in [1.54, 1.807) is 0 Å². The number of carbonyl (C=O) groups is 1. The molecule has 120 valence electrons. The fourth-order valence-corrected chi connectivity index (χ4v) is 4.55. The van der Waals surface area contributed by atoms with Gasteiger partial charge in [0.15, 0.2) is 0 Å². The van der Waals surface area contributed by atoms with Gasteiger partial charge in [-0.05, 0) is 71.0 Å². The molecule has 0 aromatic carbocycles. The van der Waals surface area contributed by atoms with Crippen LogP contribution in [0.25, 0.3) is 0 Å². The fourth-order valence-electron chi connectivity index (χ4n) is 4.55. The van der Waals surface area contributed by atoms with E-state index in [9.17, 15) is 4.79 Å². The molecule has 0 radical (unpaired) electrons. The van der Waals surface area contributed by atoms with E-state index < -0.39 is 0 Å². The lowest BCUT2D eigenvalue weighted by Crippen LogP contribution is -2.52. The van der Waals surface area contributed by atoms with Crippen LogP contribution in [0.15, 0.2) is 0 Å². The highest BCUT2D eigenvalue weighted by atomic mass is 16.2. The highest BCUT2D eigenvalue weighted by Crippen LogP contribution is 2.30. The quantitative estimate of drug-likeness (QED) is 0.832. The van der Waals surface area contributed by atoms with Crippen LogP contribution in [0.2, 0.25) is 0 Å². The zero-order valence-electron chi connectivity index (χ0n) is 13.4. The molecule has 3 atom stereocenters. The van der Waals surface area contributed by atoms with Crippen molar-refractivity contribution < 1.29 is 4.79 Å². The Morgan fingerprint density at radius 1 is 1.14 bits per heavy atom. The third-order valence-corrected chi connectivity index (χ3v) is 5.80. The molecule has 21 heavy (non-hydrogen) atoms. The average Bonchev–Trinajstić information content (AvgIpc) is 3.18. The first-order valence-electron chi connectivity index (χ1n) is 9.02. The Hall–Kier alpha value is -0.610. The third kappa shape index (κ3) is 3.59. The fraction of sp³-hybridized carbons (Fsp3) is 0.941. The first-order chi connectivity index (χ1) is 10.3. The zero-order valence-corrected chi connectivity index (χ0v) is 13.4. The van der Waals surface area contributed by atoms with E-state index in [1.165, 1.54) is 57.9 Å². The number of hydrogen-bond donors (Lipinski definition) is 2. The lowest BCUT2D eigenvalue weighted by molar-refractivity contribution is -0.127. The second-order valence-electron chi connectivity index (χ2n) is 7.22. The summed E-state index contributed by atoms with van der Waals surface area (Å²) in [5, 5.41) is 6.81. The van der Waals surface area contributed by atoms with E-state index in [0.29, 0.717) is 12.1 Å². The smallest absolute Gasteiger partial charge is 0.237 e. The maximum atomic E-state index is 12.5.